The van der Waals surface area contributed by atoms with E-state index in [2.05, 4.69) is 54.4 Å². The van der Waals surface area contributed by atoms with Crippen LogP contribution in [0.5, 0.6) is 0 Å². The Balaban J connectivity index is 1.78. The number of rotatable bonds is 3. The van der Waals surface area contributed by atoms with Gasteiger partial charge in [0.2, 0.25) is 0 Å². The molecule has 20 heavy (non-hydrogen) atoms. The zero-order valence-electron chi connectivity index (χ0n) is 12.0. The molecule has 0 fully saturated rings. The molecule has 0 saturated heterocycles. The summed E-state index contributed by atoms with van der Waals surface area (Å²) in [6.45, 7) is 1.16. The SMILES string of the molecule is CN1CCCc2cc(CC(N)c3ccccc3)ccc21. The lowest BCUT2D eigenvalue weighted by Crippen LogP contribution is -2.24. The predicted molar refractivity (Wildman–Crippen MR) is 85.1 cm³/mol. The van der Waals surface area contributed by atoms with E-state index in [-0.39, 0.29) is 6.04 Å². The summed E-state index contributed by atoms with van der Waals surface area (Å²) >= 11 is 0. The molecule has 2 nitrogen and oxygen atoms in total. The summed E-state index contributed by atoms with van der Waals surface area (Å²) in [7, 11) is 2.17. The molecule has 1 atom stereocenters. The molecule has 0 aliphatic carbocycles. The topological polar surface area (TPSA) is 29.3 Å². The van der Waals surface area contributed by atoms with Crippen molar-refractivity contribution in [3.8, 4) is 0 Å². The third kappa shape index (κ3) is 2.70. The Morgan fingerprint density at radius 1 is 1.15 bits per heavy atom. The van der Waals surface area contributed by atoms with Crippen LogP contribution in [-0.4, -0.2) is 13.6 Å². The van der Waals surface area contributed by atoms with Gasteiger partial charge in [-0.1, -0.05) is 42.5 Å². The zero-order chi connectivity index (χ0) is 13.9. The Morgan fingerprint density at radius 2 is 1.95 bits per heavy atom. The molecule has 3 rings (SSSR count). The summed E-state index contributed by atoms with van der Waals surface area (Å²) in [5.41, 5.74) is 11.7. The summed E-state index contributed by atoms with van der Waals surface area (Å²) in [6, 6.07) is 17.3. The second-order valence-corrected chi connectivity index (χ2v) is 5.71. The van der Waals surface area contributed by atoms with Crippen molar-refractivity contribution in [3.63, 3.8) is 0 Å². The van der Waals surface area contributed by atoms with Gasteiger partial charge in [0.25, 0.3) is 0 Å². The van der Waals surface area contributed by atoms with Gasteiger partial charge in [-0.2, -0.15) is 0 Å². The van der Waals surface area contributed by atoms with Gasteiger partial charge in [-0.15, -0.1) is 0 Å². The standard InChI is InChI=1S/C18H22N2/c1-20-11-5-8-16-12-14(9-10-18(16)20)13-17(19)15-6-3-2-4-7-15/h2-4,6-7,9-10,12,17H,5,8,11,13,19H2,1H3. The van der Waals surface area contributed by atoms with E-state index in [4.69, 9.17) is 5.73 Å². The van der Waals surface area contributed by atoms with E-state index in [9.17, 15) is 0 Å². The molecule has 1 aliphatic heterocycles. The molecule has 0 bridgehead atoms. The lowest BCUT2D eigenvalue weighted by Gasteiger charge is -2.28. The fourth-order valence-electron chi connectivity index (χ4n) is 3.04. The minimum Gasteiger partial charge on any atom is -0.374 e. The monoisotopic (exact) mass is 266 g/mol. The number of anilines is 1. The highest BCUT2D eigenvalue weighted by Gasteiger charge is 2.14. The molecule has 0 saturated carbocycles. The van der Waals surface area contributed by atoms with E-state index >= 15 is 0 Å². The fourth-order valence-corrected chi connectivity index (χ4v) is 3.04. The molecule has 2 heteroatoms. The van der Waals surface area contributed by atoms with Crippen molar-refractivity contribution in [3.05, 3.63) is 65.2 Å². The molecule has 2 aromatic rings. The van der Waals surface area contributed by atoms with Crippen molar-refractivity contribution in [1.29, 1.82) is 0 Å². The maximum absolute atomic E-state index is 6.32. The molecular formula is C18H22N2. The molecular weight excluding hydrogens is 244 g/mol. The van der Waals surface area contributed by atoms with E-state index in [0.29, 0.717) is 0 Å². The number of nitrogens with zero attached hydrogens (tertiary/aromatic N) is 1. The van der Waals surface area contributed by atoms with Crippen molar-refractivity contribution in [2.24, 2.45) is 5.73 Å². The second-order valence-electron chi connectivity index (χ2n) is 5.71. The zero-order valence-corrected chi connectivity index (χ0v) is 12.0. The molecule has 2 aromatic carbocycles. The van der Waals surface area contributed by atoms with Crippen LogP contribution in [0.2, 0.25) is 0 Å². The van der Waals surface area contributed by atoms with Gasteiger partial charge in [0, 0.05) is 25.3 Å². The van der Waals surface area contributed by atoms with Crippen molar-refractivity contribution in [2.45, 2.75) is 25.3 Å². The van der Waals surface area contributed by atoms with E-state index in [1.54, 1.807) is 0 Å². The van der Waals surface area contributed by atoms with Gasteiger partial charge in [-0.25, -0.2) is 0 Å². The Labute approximate surface area is 121 Å². The molecule has 1 aliphatic rings. The lowest BCUT2D eigenvalue weighted by molar-refractivity contribution is 0.713. The molecule has 0 spiro atoms. The maximum Gasteiger partial charge on any atom is 0.0396 e. The minimum atomic E-state index is 0.0792. The smallest absolute Gasteiger partial charge is 0.0396 e. The molecule has 1 unspecified atom stereocenters. The van der Waals surface area contributed by atoms with Gasteiger partial charge in [0.05, 0.1) is 0 Å². The fraction of sp³-hybridized carbons (Fsp3) is 0.333. The van der Waals surface area contributed by atoms with Crippen LogP contribution in [0.4, 0.5) is 5.69 Å². The lowest BCUT2D eigenvalue weighted by atomic mass is 9.95. The van der Waals surface area contributed by atoms with Crippen LogP contribution in [0, 0.1) is 0 Å². The van der Waals surface area contributed by atoms with Gasteiger partial charge in [-0.05, 0) is 42.0 Å². The summed E-state index contributed by atoms with van der Waals surface area (Å²) in [6.07, 6.45) is 3.34. The van der Waals surface area contributed by atoms with Gasteiger partial charge >= 0.3 is 0 Å². The van der Waals surface area contributed by atoms with E-state index in [0.717, 1.165) is 13.0 Å². The average Bonchev–Trinajstić information content (AvgIpc) is 2.48. The van der Waals surface area contributed by atoms with Gasteiger partial charge < -0.3 is 10.6 Å². The molecule has 0 aromatic heterocycles. The summed E-state index contributed by atoms with van der Waals surface area (Å²) in [5, 5.41) is 0. The first-order valence-corrected chi connectivity index (χ1v) is 7.37. The average molecular weight is 266 g/mol. The molecule has 0 amide bonds. The summed E-state index contributed by atoms with van der Waals surface area (Å²) in [4.78, 5) is 2.35. The summed E-state index contributed by atoms with van der Waals surface area (Å²) < 4.78 is 0. The van der Waals surface area contributed by atoms with Crippen LogP contribution in [0.15, 0.2) is 48.5 Å². The molecule has 1 heterocycles. The number of aryl methyl sites for hydroxylation is 1. The van der Waals surface area contributed by atoms with Crippen LogP contribution >= 0.6 is 0 Å². The summed E-state index contributed by atoms with van der Waals surface area (Å²) in [5.74, 6) is 0. The van der Waals surface area contributed by atoms with Crippen molar-refractivity contribution in [1.82, 2.24) is 0 Å². The molecule has 0 radical (unpaired) electrons. The predicted octanol–water partition coefficient (Wildman–Crippen LogP) is 3.31. The van der Waals surface area contributed by atoms with Crippen LogP contribution in [-0.2, 0) is 12.8 Å². The number of hydrogen-bond donors (Lipinski definition) is 1. The first-order valence-electron chi connectivity index (χ1n) is 7.37. The third-order valence-electron chi connectivity index (χ3n) is 4.18. The van der Waals surface area contributed by atoms with Crippen LogP contribution in [0.3, 0.4) is 0 Å². The van der Waals surface area contributed by atoms with Crippen molar-refractivity contribution >= 4 is 5.69 Å². The first kappa shape index (κ1) is 13.2. The molecule has 2 N–H and O–H groups in total. The van der Waals surface area contributed by atoms with Gasteiger partial charge in [0.1, 0.15) is 0 Å². The first-order chi connectivity index (χ1) is 9.74. The normalized spacial score (nSPS) is 15.8. The minimum absolute atomic E-state index is 0.0792. The Morgan fingerprint density at radius 3 is 2.75 bits per heavy atom. The van der Waals surface area contributed by atoms with Crippen LogP contribution in [0.1, 0.15) is 29.2 Å². The van der Waals surface area contributed by atoms with Crippen molar-refractivity contribution < 1.29 is 0 Å². The van der Waals surface area contributed by atoms with E-state index in [1.807, 2.05) is 6.07 Å². The highest BCUT2D eigenvalue weighted by atomic mass is 15.1. The largest absolute Gasteiger partial charge is 0.374 e. The van der Waals surface area contributed by atoms with Gasteiger partial charge in [0.15, 0.2) is 0 Å². The molecule has 104 valence electrons. The number of nitrogens with two attached hydrogens (primary N) is 1. The Bertz CT molecular complexity index is 577. The van der Waals surface area contributed by atoms with E-state index in [1.165, 1.54) is 35.2 Å². The number of hydrogen-bond acceptors (Lipinski definition) is 2. The highest BCUT2D eigenvalue weighted by Crippen LogP contribution is 2.28. The highest BCUT2D eigenvalue weighted by molar-refractivity contribution is 5.56. The number of fused-ring (bicyclic) bond motifs is 1. The third-order valence-corrected chi connectivity index (χ3v) is 4.18. The second kappa shape index (κ2) is 5.68. The Kier molecular flexibility index (Phi) is 3.75. The van der Waals surface area contributed by atoms with Crippen LogP contribution < -0.4 is 10.6 Å². The van der Waals surface area contributed by atoms with Crippen LogP contribution in [0.25, 0.3) is 0 Å². The quantitative estimate of drug-likeness (QED) is 0.923. The van der Waals surface area contributed by atoms with Crippen molar-refractivity contribution in [2.75, 3.05) is 18.5 Å². The van der Waals surface area contributed by atoms with E-state index < -0.39 is 0 Å². The van der Waals surface area contributed by atoms with Gasteiger partial charge in [-0.3, -0.25) is 0 Å². The number of benzene rings is 2. The maximum atomic E-state index is 6.32. The Hall–Kier alpha value is -1.80.